The number of methoxy groups -OCH3 is 2. The normalized spacial score (nSPS) is 18.7. The minimum Gasteiger partial charge on any atom is -0.497 e. The molecule has 3 aromatic carbocycles. The van der Waals surface area contributed by atoms with Crippen LogP contribution in [0.3, 0.4) is 0 Å². The number of hydrogen-bond donors (Lipinski definition) is 2. The van der Waals surface area contributed by atoms with Gasteiger partial charge in [0.05, 0.1) is 33.0 Å². The molecule has 0 amide bonds. The van der Waals surface area contributed by atoms with Crippen molar-refractivity contribution in [2.45, 2.75) is 89.5 Å². The Morgan fingerprint density at radius 3 is 2.06 bits per heavy atom. The number of aromatic amines is 1. The van der Waals surface area contributed by atoms with Crippen molar-refractivity contribution in [3.63, 3.8) is 0 Å². The van der Waals surface area contributed by atoms with Crippen LogP contribution in [0.25, 0.3) is 0 Å². The number of nitriles is 1. The summed E-state index contributed by atoms with van der Waals surface area (Å²) in [6.45, 7) is 8.37. The zero-order valence-electron chi connectivity index (χ0n) is 31.7. The highest BCUT2D eigenvalue weighted by molar-refractivity contribution is 7.50. The molecular weight excluding hydrogens is 711 g/mol. The fourth-order valence-electron chi connectivity index (χ4n) is 7.24. The third-order valence-corrected chi connectivity index (χ3v) is 11.8. The van der Waals surface area contributed by atoms with Crippen LogP contribution in [0.1, 0.15) is 75.4 Å². The van der Waals surface area contributed by atoms with Crippen LogP contribution >= 0.6 is 7.75 Å². The average Bonchev–Trinajstić information content (AvgIpc) is 3.55. The zero-order chi connectivity index (χ0) is 39.3. The Morgan fingerprint density at radius 1 is 0.981 bits per heavy atom. The maximum atomic E-state index is 14.1. The first kappa shape index (κ1) is 40.6. The number of nitrogens with zero attached hydrogens (tertiary/aromatic N) is 3. The third-order valence-electron chi connectivity index (χ3n) is 9.78. The molecule has 2 N–H and O–H groups in total. The second kappa shape index (κ2) is 16.9. The highest BCUT2D eigenvalue weighted by Crippen LogP contribution is 2.54. The van der Waals surface area contributed by atoms with E-state index in [-0.39, 0.29) is 19.4 Å². The molecule has 4 aromatic rings. The van der Waals surface area contributed by atoms with E-state index in [4.69, 9.17) is 23.5 Å². The number of nitrogens with one attached hydrogen (secondary N) is 1. The number of benzene rings is 3. The first-order valence-electron chi connectivity index (χ1n) is 17.8. The van der Waals surface area contributed by atoms with Crippen molar-refractivity contribution in [1.82, 2.24) is 14.2 Å². The quantitative estimate of drug-likeness (QED) is 0.0954. The van der Waals surface area contributed by atoms with Crippen molar-refractivity contribution < 1.29 is 32.9 Å². The smallest absolute Gasteiger partial charge is 0.406 e. The van der Waals surface area contributed by atoms with Crippen LogP contribution in [0.4, 0.5) is 0 Å². The van der Waals surface area contributed by atoms with Crippen LogP contribution in [0.2, 0.25) is 0 Å². The maximum Gasteiger partial charge on any atom is 0.406 e. The summed E-state index contributed by atoms with van der Waals surface area (Å²) in [5.41, 5.74) is -0.771. The van der Waals surface area contributed by atoms with E-state index in [1.54, 1.807) is 48.8 Å². The van der Waals surface area contributed by atoms with Gasteiger partial charge in [-0.3, -0.25) is 18.9 Å². The molecule has 4 atom stereocenters. The van der Waals surface area contributed by atoms with Gasteiger partial charge in [0.15, 0.2) is 0 Å². The third kappa shape index (κ3) is 8.55. The van der Waals surface area contributed by atoms with Crippen LogP contribution in [0.15, 0.2) is 94.6 Å². The van der Waals surface area contributed by atoms with Crippen molar-refractivity contribution in [3.05, 3.63) is 128 Å². The number of aryl methyl sites for hydroxylation is 1. The standard InChI is InChI=1S/C40H49N4O9P/c1-27(2)44(39(4,5)22-11-23-41)54(47,48)51-26-35-34(24-36(52-35)43-25-28(3)37(45)42-38(43)46)53-40(29-12-9-8-10-13-29,30-14-18-32(49-6)19-15-30)31-16-20-33(50-7)21-17-31/h8-10,12-21,25,27,34-36H,11,22,24,26H2,1-7H3,(H,47,48)(H,42,45,46)/t34-,35+,36+/m0/s1. The molecule has 54 heavy (non-hydrogen) atoms. The molecule has 1 fully saturated rings. The summed E-state index contributed by atoms with van der Waals surface area (Å²) in [5, 5.41) is 9.27. The fourth-order valence-corrected chi connectivity index (χ4v) is 9.08. The van der Waals surface area contributed by atoms with Crippen molar-refractivity contribution in [2.75, 3.05) is 20.8 Å². The second-order valence-corrected chi connectivity index (χ2v) is 15.9. The Labute approximate surface area is 315 Å². The molecule has 0 aliphatic carbocycles. The molecule has 5 rings (SSSR count). The highest BCUT2D eigenvalue weighted by atomic mass is 31.2. The molecular formula is C40H49N4O9P. The van der Waals surface area contributed by atoms with E-state index in [9.17, 15) is 24.3 Å². The summed E-state index contributed by atoms with van der Waals surface area (Å²) >= 11 is 0. The molecule has 0 radical (unpaired) electrons. The maximum absolute atomic E-state index is 14.1. The Kier molecular flexibility index (Phi) is 12.7. The van der Waals surface area contributed by atoms with Crippen molar-refractivity contribution in [2.24, 2.45) is 0 Å². The lowest BCUT2D eigenvalue weighted by Gasteiger charge is -2.42. The zero-order valence-corrected chi connectivity index (χ0v) is 32.6. The minimum absolute atomic E-state index is 0.109. The monoisotopic (exact) mass is 760 g/mol. The lowest BCUT2D eigenvalue weighted by Crippen LogP contribution is -2.46. The first-order chi connectivity index (χ1) is 25.7. The lowest BCUT2D eigenvalue weighted by molar-refractivity contribution is -0.0986. The summed E-state index contributed by atoms with van der Waals surface area (Å²) in [7, 11) is -1.34. The van der Waals surface area contributed by atoms with Crippen LogP contribution in [-0.2, 0) is 24.2 Å². The van der Waals surface area contributed by atoms with Gasteiger partial charge in [-0.1, -0.05) is 54.6 Å². The van der Waals surface area contributed by atoms with Gasteiger partial charge in [0.1, 0.15) is 29.4 Å². The summed E-state index contributed by atoms with van der Waals surface area (Å²) in [6, 6.07) is 26.4. The number of rotatable bonds is 16. The van der Waals surface area contributed by atoms with E-state index in [1.165, 1.54) is 15.4 Å². The molecule has 1 unspecified atom stereocenters. The Morgan fingerprint density at radius 2 is 1.54 bits per heavy atom. The van der Waals surface area contributed by atoms with Crippen molar-refractivity contribution >= 4 is 7.75 Å². The Bertz CT molecular complexity index is 2030. The van der Waals surface area contributed by atoms with Gasteiger partial charge in [-0.05, 0) is 82.0 Å². The fraction of sp³-hybridized carbons (Fsp3) is 0.425. The molecule has 1 aromatic heterocycles. The van der Waals surface area contributed by atoms with E-state index in [0.29, 0.717) is 23.5 Å². The van der Waals surface area contributed by atoms with Gasteiger partial charge in [0.2, 0.25) is 0 Å². The van der Waals surface area contributed by atoms with E-state index in [2.05, 4.69) is 11.1 Å². The van der Waals surface area contributed by atoms with Gasteiger partial charge in [-0.2, -0.15) is 5.26 Å². The Balaban J connectivity index is 1.64. The van der Waals surface area contributed by atoms with E-state index in [1.807, 2.05) is 78.9 Å². The van der Waals surface area contributed by atoms with Gasteiger partial charge < -0.3 is 23.8 Å². The molecule has 1 saturated heterocycles. The lowest BCUT2D eigenvalue weighted by atomic mass is 9.79. The van der Waals surface area contributed by atoms with Crippen LogP contribution in [0, 0.1) is 18.3 Å². The van der Waals surface area contributed by atoms with Gasteiger partial charge >= 0.3 is 13.4 Å². The van der Waals surface area contributed by atoms with Crippen molar-refractivity contribution in [1.29, 1.82) is 5.26 Å². The number of aromatic nitrogens is 2. The van der Waals surface area contributed by atoms with Crippen molar-refractivity contribution in [3.8, 4) is 17.6 Å². The molecule has 2 heterocycles. The van der Waals surface area contributed by atoms with Crippen LogP contribution in [-0.4, -0.2) is 63.7 Å². The first-order valence-corrected chi connectivity index (χ1v) is 19.3. The SMILES string of the molecule is COc1ccc(C(O[C@H]2C[C@H](n3cc(C)c(=O)[nH]c3=O)O[C@@H]2COP(=O)(O)N(C(C)C)C(C)(C)CCC#N)(c2ccccc2)c2ccc(OC)cc2)cc1. The Hall–Kier alpha value is -4.54. The molecule has 1 aliphatic heterocycles. The number of ether oxygens (including phenoxy) is 4. The van der Waals surface area contributed by atoms with Crippen LogP contribution < -0.4 is 20.7 Å². The predicted molar refractivity (Wildman–Crippen MR) is 203 cm³/mol. The molecule has 14 heteroatoms. The summed E-state index contributed by atoms with van der Waals surface area (Å²) in [5.74, 6) is 1.29. The second-order valence-electron chi connectivity index (χ2n) is 14.2. The summed E-state index contributed by atoms with van der Waals surface area (Å²) in [6.07, 6.45) is -0.705. The van der Waals surface area contributed by atoms with Gasteiger partial charge in [-0.15, -0.1) is 0 Å². The van der Waals surface area contributed by atoms with E-state index in [0.717, 1.165) is 16.7 Å². The largest absolute Gasteiger partial charge is 0.497 e. The molecule has 13 nitrogen and oxygen atoms in total. The molecule has 288 valence electrons. The van der Waals surface area contributed by atoms with Gasteiger partial charge in [-0.25, -0.2) is 14.0 Å². The average molecular weight is 761 g/mol. The summed E-state index contributed by atoms with van der Waals surface area (Å²) < 4.78 is 47.6. The number of hydrogen-bond acceptors (Lipinski definition) is 9. The molecule has 0 spiro atoms. The highest BCUT2D eigenvalue weighted by Gasteiger charge is 2.48. The van der Waals surface area contributed by atoms with E-state index >= 15 is 0 Å². The predicted octanol–water partition coefficient (Wildman–Crippen LogP) is 6.44. The molecule has 0 saturated carbocycles. The molecule has 1 aliphatic rings. The summed E-state index contributed by atoms with van der Waals surface area (Å²) in [4.78, 5) is 39.4. The number of H-pyrrole nitrogens is 1. The van der Waals surface area contributed by atoms with E-state index < -0.39 is 54.6 Å². The topological polar surface area (TPSA) is 165 Å². The van der Waals surface area contributed by atoms with Gasteiger partial charge in [0.25, 0.3) is 5.56 Å². The van der Waals surface area contributed by atoms with Gasteiger partial charge in [0, 0.05) is 36.2 Å². The van der Waals surface area contributed by atoms with Crippen LogP contribution in [0.5, 0.6) is 11.5 Å². The molecule has 0 bridgehead atoms. The minimum atomic E-state index is -4.51.